The number of nitrogens with zero attached hydrogens (tertiary/aromatic N) is 1. The van der Waals surface area contributed by atoms with Crippen LogP contribution in [0.25, 0.3) is 11.1 Å². The zero-order chi connectivity index (χ0) is 25.4. The first-order chi connectivity index (χ1) is 15.8. The van der Waals surface area contributed by atoms with Gasteiger partial charge in [0.1, 0.15) is 12.1 Å². The zero-order valence-corrected chi connectivity index (χ0v) is 21.5. The van der Waals surface area contributed by atoms with Crippen LogP contribution in [0.3, 0.4) is 0 Å². The number of benzene rings is 1. The number of ketones is 1. The fourth-order valence-electron chi connectivity index (χ4n) is 3.76. The molecule has 1 aromatic carbocycles. The van der Waals surface area contributed by atoms with Gasteiger partial charge in [-0.15, -0.1) is 0 Å². The van der Waals surface area contributed by atoms with Gasteiger partial charge in [-0.2, -0.15) is 4.57 Å². The van der Waals surface area contributed by atoms with E-state index in [4.69, 9.17) is 13.6 Å². The van der Waals surface area contributed by atoms with Gasteiger partial charge in [0.15, 0.2) is 19.7 Å². The topological polar surface area (TPSA) is 117 Å². The van der Waals surface area contributed by atoms with Gasteiger partial charge in [-0.3, -0.25) is 9.59 Å². The van der Waals surface area contributed by atoms with Crippen molar-refractivity contribution in [2.45, 2.75) is 64.4 Å². The molecule has 184 valence electrons. The summed E-state index contributed by atoms with van der Waals surface area (Å²) in [5, 5.41) is 2.81. The Labute approximate surface area is 199 Å². The minimum Gasteiger partial charge on any atom is -0.445 e. The smallest absolute Gasteiger partial charge is 0.429 e. The third kappa shape index (κ3) is 4.92. The number of oxazole rings is 1. The average molecular weight is 489 g/mol. The molecule has 0 bridgehead atoms. The van der Waals surface area contributed by atoms with Crippen LogP contribution < -0.4 is 11.1 Å². The van der Waals surface area contributed by atoms with Gasteiger partial charge in [0, 0.05) is 12.0 Å². The van der Waals surface area contributed by atoms with Crippen molar-refractivity contribution < 1.29 is 28.0 Å². The first-order valence-corrected chi connectivity index (χ1v) is 14.1. The monoisotopic (exact) mass is 488 g/mol. The molecule has 1 fully saturated rings. The van der Waals surface area contributed by atoms with E-state index < -0.39 is 26.1 Å². The number of Topliss-reactive ketones (excluding diaryl/α,β-unsaturated/α-hetero) is 1. The van der Waals surface area contributed by atoms with Crippen LogP contribution in [0, 0.1) is 5.92 Å². The van der Waals surface area contributed by atoms with E-state index in [9.17, 15) is 19.2 Å². The Balaban J connectivity index is 1.78. The Morgan fingerprint density at radius 3 is 2.56 bits per heavy atom. The maximum absolute atomic E-state index is 13.0. The lowest BCUT2D eigenvalue weighted by Gasteiger charge is -2.45. The number of nitrogens with one attached hydrogen (secondary N) is 1. The van der Waals surface area contributed by atoms with Crippen molar-refractivity contribution in [1.82, 2.24) is 9.88 Å². The quantitative estimate of drug-likeness (QED) is 0.259. The lowest BCUT2D eigenvalue weighted by atomic mass is 9.82. The van der Waals surface area contributed by atoms with Gasteiger partial charge in [0.05, 0.1) is 18.1 Å². The van der Waals surface area contributed by atoms with Crippen molar-refractivity contribution >= 4 is 37.2 Å². The Hall–Kier alpha value is -2.98. The zero-order valence-electron chi connectivity index (χ0n) is 20.5. The van der Waals surface area contributed by atoms with Crippen molar-refractivity contribution in [2.24, 2.45) is 5.92 Å². The molecule has 3 unspecified atom stereocenters. The fraction of sp³-hybridized carbons (Fsp3) is 0.500. The van der Waals surface area contributed by atoms with Crippen molar-refractivity contribution in [1.29, 1.82) is 0 Å². The summed E-state index contributed by atoms with van der Waals surface area (Å²) < 4.78 is 17.1. The lowest BCUT2D eigenvalue weighted by molar-refractivity contribution is -0.139. The van der Waals surface area contributed by atoms with Crippen LogP contribution in [0.2, 0.25) is 18.1 Å². The highest BCUT2D eigenvalue weighted by molar-refractivity contribution is 6.74. The van der Waals surface area contributed by atoms with Gasteiger partial charge in [0.2, 0.25) is 5.91 Å². The summed E-state index contributed by atoms with van der Waals surface area (Å²) in [5.41, 5.74) is 0.577. The van der Waals surface area contributed by atoms with E-state index in [1.807, 2.05) is 6.92 Å². The maximum atomic E-state index is 13.0. The predicted octanol–water partition coefficient (Wildman–Crippen LogP) is 3.86. The first kappa shape index (κ1) is 25.6. The highest BCUT2D eigenvalue weighted by Crippen LogP contribution is 2.39. The maximum Gasteiger partial charge on any atom is 0.429 e. The van der Waals surface area contributed by atoms with Gasteiger partial charge in [0.25, 0.3) is 0 Å². The molecule has 1 N–H and O–H groups in total. The standard InChI is InChI=1S/C24H32N2O7Si/c1-8-11-31-22(29)26-17-12-15(9-10-19(17)32-23(26)30)18(27)13-16-20(21(28)25-16)14(2)33-34(6,7)24(3,4)5/h8-10,12,14,16,20H,1,11,13H2,2-7H3,(H,25,28). The summed E-state index contributed by atoms with van der Waals surface area (Å²) in [4.78, 5) is 49.7. The minimum atomic E-state index is -2.09. The second kappa shape index (κ2) is 9.34. The van der Waals surface area contributed by atoms with Crippen LogP contribution in [0.4, 0.5) is 4.79 Å². The number of aromatic nitrogens is 1. The van der Waals surface area contributed by atoms with E-state index in [1.165, 1.54) is 24.3 Å². The van der Waals surface area contributed by atoms with Gasteiger partial charge >= 0.3 is 11.8 Å². The summed E-state index contributed by atoms with van der Waals surface area (Å²) >= 11 is 0. The number of hydrogen-bond donors (Lipinski definition) is 1. The summed E-state index contributed by atoms with van der Waals surface area (Å²) in [7, 11) is -2.09. The normalized spacial score (nSPS) is 19.3. The summed E-state index contributed by atoms with van der Waals surface area (Å²) in [6.07, 6.45) is 0.194. The molecule has 2 aromatic rings. The first-order valence-electron chi connectivity index (χ1n) is 11.2. The van der Waals surface area contributed by atoms with E-state index in [1.54, 1.807) is 0 Å². The van der Waals surface area contributed by atoms with Gasteiger partial charge in [-0.25, -0.2) is 9.59 Å². The number of rotatable bonds is 8. The van der Waals surface area contributed by atoms with Crippen LogP contribution in [0.1, 0.15) is 44.5 Å². The van der Waals surface area contributed by atoms with Gasteiger partial charge in [-0.1, -0.05) is 33.4 Å². The summed E-state index contributed by atoms with van der Waals surface area (Å²) in [6.45, 7) is 15.9. The number of ether oxygens (including phenoxy) is 1. The molecule has 1 aliphatic heterocycles. The molecule has 3 rings (SSSR count). The molecular formula is C24H32N2O7Si. The van der Waals surface area contributed by atoms with E-state index in [0.29, 0.717) is 0 Å². The molecule has 3 atom stereocenters. The fourth-order valence-corrected chi connectivity index (χ4v) is 5.19. The molecule has 34 heavy (non-hydrogen) atoms. The number of carbonyl (C=O) groups is 3. The van der Waals surface area contributed by atoms with E-state index in [2.05, 4.69) is 45.8 Å². The average Bonchev–Trinajstić information content (AvgIpc) is 3.04. The predicted molar refractivity (Wildman–Crippen MR) is 130 cm³/mol. The van der Waals surface area contributed by atoms with E-state index in [0.717, 1.165) is 4.57 Å². The Morgan fingerprint density at radius 2 is 1.97 bits per heavy atom. The second-order valence-electron chi connectivity index (χ2n) is 10.1. The largest absolute Gasteiger partial charge is 0.445 e. The molecule has 0 saturated carbocycles. The highest BCUT2D eigenvalue weighted by atomic mass is 28.4. The van der Waals surface area contributed by atoms with Gasteiger partial charge < -0.3 is 18.9 Å². The van der Waals surface area contributed by atoms with Crippen LogP contribution >= 0.6 is 0 Å². The minimum absolute atomic E-state index is 0.00455. The van der Waals surface area contributed by atoms with Crippen molar-refractivity contribution in [2.75, 3.05) is 6.61 Å². The second-order valence-corrected chi connectivity index (χ2v) is 14.9. The molecule has 1 saturated heterocycles. The summed E-state index contributed by atoms with van der Waals surface area (Å²) in [6, 6.07) is 4.04. The van der Waals surface area contributed by atoms with Crippen LogP contribution in [-0.4, -0.2) is 49.4 Å². The molecule has 0 aliphatic carbocycles. The third-order valence-corrected chi connectivity index (χ3v) is 11.2. The molecule has 1 aromatic heterocycles. The molecule has 10 heteroatoms. The molecule has 1 amide bonds. The van der Waals surface area contributed by atoms with Crippen LogP contribution in [0.5, 0.6) is 0 Å². The van der Waals surface area contributed by atoms with Crippen molar-refractivity contribution in [3.05, 3.63) is 47.0 Å². The van der Waals surface area contributed by atoms with Crippen LogP contribution in [-0.2, 0) is 14.0 Å². The lowest BCUT2D eigenvalue weighted by Crippen LogP contribution is -2.64. The molecule has 1 aliphatic rings. The number of fused-ring (bicyclic) bond motifs is 1. The Bertz CT molecular complexity index is 1190. The van der Waals surface area contributed by atoms with E-state index >= 15 is 0 Å². The SMILES string of the molecule is C=CCOC(=O)n1c(=O)oc2ccc(C(=O)CC3NC(=O)C3C(C)O[Si](C)(C)C(C)(C)C)cc21. The molecular weight excluding hydrogens is 456 g/mol. The molecule has 0 spiro atoms. The molecule has 2 heterocycles. The highest BCUT2D eigenvalue weighted by Gasteiger charge is 2.47. The number of β-lactam (4-membered cyclic amide) rings is 1. The third-order valence-electron chi connectivity index (χ3n) is 6.67. The van der Waals surface area contributed by atoms with Crippen molar-refractivity contribution in [3.8, 4) is 0 Å². The Morgan fingerprint density at radius 1 is 1.29 bits per heavy atom. The van der Waals surface area contributed by atoms with Crippen LogP contribution in [0.15, 0.2) is 40.1 Å². The summed E-state index contributed by atoms with van der Waals surface area (Å²) in [5.74, 6) is -1.71. The molecule has 9 nitrogen and oxygen atoms in total. The van der Waals surface area contributed by atoms with Crippen molar-refractivity contribution in [3.63, 3.8) is 0 Å². The number of carbonyl (C=O) groups excluding carboxylic acids is 3. The van der Waals surface area contributed by atoms with E-state index in [-0.39, 0.29) is 58.6 Å². The van der Waals surface area contributed by atoms with Gasteiger partial charge in [-0.05, 0) is 43.3 Å². The Kier molecular flexibility index (Phi) is 7.04. The number of hydrogen-bond acceptors (Lipinski definition) is 7. The molecule has 0 radical (unpaired) electrons. The number of amides is 1.